The number of rotatable bonds is 5. The van der Waals surface area contributed by atoms with Crippen LogP contribution in [0.2, 0.25) is 0 Å². The van der Waals surface area contributed by atoms with E-state index in [2.05, 4.69) is 45.0 Å². The molecule has 0 aliphatic heterocycles. The Bertz CT molecular complexity index is 732. The minimum atomic E-state index is 0.123. The van der Waals surface area contributed by atoms with Crippen molar-refractivity contribution in [3.63, 3.8) is 0 Å². The molecule has 0 fully saturated rings. The first-order valence-electron chi connectivity index (χ1n) is 7.16. The zero-order valence-electron chi connectivity index (χ0n) is 12.2. The highest BCUT2D eigenvalue weighted by Gasteiger charge is 2.20. The van der Waals surface area contributed by atoms with Gasteiger partial charge in [0, 0.05) is 17.8 Å². The third kappa shape index (κ3) is 2.80. The molecule has 0 aliphatic carbocycles. The lowest BCUT2D eigenvalue weighted by Gasteiger charge is -2.19. The minimum Gasteiger partial charge on any atom is -0.305 e. The lowest BCUT2D eigenvalue weighted by atomic mass is 9.98. The number of aromatic nitrogens is 3. The van der Waals surface area contributed by atoms with E-state index in [0.29, 0.717) is 0 Å². The molecule has 0 saturated heterocycles. The van der Waals surface area contributed by atoms with Crippen LogP contribution in [0.15, 0.2) is 36.7 Å². The van der Waals surface area contributed by atoms with Gasteiger partial charge in [-0.15, -0.1) is 5.10 Å². The smallest absolute Gasteiger partial charge is 0.0776 e. The summed E-state index contributed by atoms with van der Waals surface area (Å²) >= 11 is 1.47. The van der Waals surface area contributed by atoms with E-state index in [4.69, 9.17) is 0 Å². The fourth-order valence-electron chi connectivity index (χ4n) is 2.52. The van der Waals surface area contributed by atoms with Crippen LogP contribution >= 0.6 is 11.5 Å². The van der Waals surface area contributed by atoms with Crippen LogP contribution in [0.3, 0.4) is 0 Å². The number of benzene rings is 1. The minimum absolute atomic E-state index is 0.123. The van der Waals surface area contributed by atoms with Crippen LogP contribution < -0.4 is 5.32 Å². The largest absolute Gasteiger partial charge is 0.305 e. The van der Waals surface area contributed by atoms with Crippen LogP contribution in [0.5, 0.6) is 0 Å². The summed E-state index contributed by atoms with van der Waals surface area (Å²) in [5.74, 6) is 0. The van der Waals surface area contributed by atoms with E-state index in [9.17, 15) is 0 Å². The van der Waals surface area contributed by atoms with E-state index in [1.54, 1.807) is 0 Å². The highest BCUT2D eigenvalue weighted by atomic mass is 32.1. The lowest BCUT2D eigenvalue weighted by molar-refractivity contribution is 0.605. The number of hydrogen-bond acceptors (Lipinski definition) is 5. The van der Waals surface area contributed by atoms with Crippen LogP contribution in [-0.4, -0.2) is 21.1 Å². The number of nitrogens with one attached hydrogen (secondary N) is 1. The quantitative estimate of drug-likeness (QED) is 0.783. The molecule has 108 valence electrons. The number of aryl methyl sites for hydroxylation is 1. The highest BCUT2D eigenvalue weighted by molar-refractivity contribution is 7.05. The molecule has 3 aromatic rings. The second kappa shape index (κ2) is 6.28. The summed E-state index contributed by atoms with van der Waals surface area (Å²) in [7, 11) is 0. The van der Waals surface area contributed by atoms with Gasteiger partial charge in [-0.1, -0.05) is 29.6 Å². The third-order valence-electron chi connectivity index (χ3n) is 3.58. The molecule has 0 amide bonds. The number of fused-ring (bicyclic) bond motifs is 1. The van der Waals surface area contributed by atoms with Gasteiger partial charge in [-0.2, -0.15) is 0 Å². The first-order valence-corrected chi connectivity index (χ1v) is 7.93. The Kier molecular flexibility index (Phi) is 4.22. The maximum Gasteiger partial charge on any atom is 0.0776 e. The van der Waals surface area contributed by atoms with Crippen molar-refractivity contribution in [1.82, 2.24) is 19.9 Å². The fourth-order valence-corrected chi connectivity index (χ4v) is 3.26. The van der Waals surface area contributed by atoms with Crippen molar-refractivity contribution in [2.75, 3.05) is 6.54 Å². The Morgan fingerprint density at radius 2 is 2.19 bits per heavy atom. The Labute approximate surface area is 128 Å². The van der Waals surface area contributed by atoms with Gasteiger partial charge in [-0.3, -0.25) is 4.98 Å². The van der Waals surface area contributed by atoms with Gasteiger partial charge in [-0.05, 0) is 48.4 Å². The normalized spacial score (nSPS) is 12.7. The van der Waals surface area contributed by atoms with E-state index in [1.807, 2.05) is 25.4 Å². The maximum absolute atomic E-state index is 4.28. The summed E-state index contributed by atoms with van der Waals surface area (Å²) < 4.78 is 4.09. The SMILES string of the molecule is CCCNC(c1snnc1C)c1cccc2ccncc12. The molecule has 1 N–H and O–H groups in total. The molecule has 0 radical (unpaired) electrons. The summed E-state index contributed by atoms with van der Waals surface area (Å²) in [5.41, 5.74) is 2.23. The molecule has 4 nitrogen and oxygen atoms in total. The van der Waals surface area contributed by atoms with Crippen molar-refractivity contribution in [1.29, 1.82) is 0 Å². The van der Waals surface area contributed by atoms with Crippen molar-refractivity contribution in [3.05, 3.63) is 52.8 Å². The molecule has 2 aromatic heterocycles. The van der Waals surface area contributed by atoms with E-state index >= 15 is 0 Å². The predicted molar refractivity (Wildman–Crippen MR) is 86.5 cm³/mol. The number of hydrogen-bond donors (Lipinski definition) is 1. The van der Waals surface area contributed by atoms with E-state index in [1.165, 1.54) is 32.7 Å². The van der Waals surface area contributed by atoms with Gasteiger partial charge < -0.3 is 5.32 Å². The first kappa shape index (κ1) is 14.1. The summed E-state index contributed by atoms with van der Waals surface area (Å²) in [5, 5.41) is 10.2. The Morgan fingerprint density at radius 3 is 2.95 bits per heavy atom. The summed E-state index contributed by atoms with van der Waals surface area (Å²) in [6, 6.07) is 8.55. The second-order valence-electron chi connectivity index (χ2n) is 5.05. The van der Waals surface area contributed by atoms with E-state index in [0.717, 1.165) is 18.7 Å². The van der Waals surface area contributed by atoms with Crippen molar-refractivity contribution in [2.45, 2.75) is 26.3 Å². The molecule has 0 spiro atoms. The molecule has 5 heteroatoms. The van der Waals surface area contributed by atoms with E-state index < -0.39 is 0 Å². The topological polar surface area (TPSA) is 50.7 Å². The molecule has 2 heterocycles. The molecule has 1 aromatic carbocycles. The maximum atomic E-state index is 4.28. The average Bonchev–Trinajstić information content (AvgIpc) is 2.94. The van der Waals surface area contributed by atoms with Crippen LogP contribution in [0, 0.1) is 6.92 Å². The second-order valence-corrected chi connectivity index (χ2v) is 5.84. The molecular weight excluding hydrogens is 280 g/mol. The average molecular weight is 298 g/mol. The van der Waals surface area contributed by atoms with Crippen LogP contribution in [-0.2, 0) is 0 Å². The number of nitrogens with zero attached hydrogens (tertiary/aromatic N) is 3. The van der Waals surface area contributed by atoms with Gasteiger partial charge in [0.15, 0.2) is 0 Å². The molecule has 21 heavy (non-hydrogen) atoms. The summed E-state index contributed by atoms with van der Waals surface area (Å²) in [6.45, 7) is 5.15. The monoisotopic (exact) mass is 298 g/mol. The van der Waals surface area contributed by atoms with Crippen molar-refractivity contribution < 1.29 is 0 Å². The van der Waals surface area contributed by atoms with Crippen LogP contribution in [0.1, 0.15) is 35.5 Å². The summed E-state index contributed by atoms with van der Waals surface area (Å²) in [6.07, 6.45) is 4.86. The molecular formula is C16H18N4S. The van der Waals surface area contributed by atoms with Crippen molar-refractivity contribution in [3.8, 4) is 0 Å². The van der Waals surface area contributed by atoms with Crippen molar-refractivity contribution >= 4 is 22.3 Å². The van der Waals surface area contributed by atoms with Gasteiger partial charge in [0.2, 0.25) is 0 Å². The standard InChI is InChI=1S/C16H18N4S/c1-3-8-18-15(16-11(2)19-20-21-16)13-6-4-5-12-7-9-17-10-14(12)13/h4-7,9-10,15,18H,3,8H2,1-2H3. The Balaban J connectivity index is 2.12. The van der Waals surface area contributed by atoms with Gasteiger partial charge in [0.05, 0.1) is 16.6 Å². The highest BCUT2D eigenvalue weighted by Crippen LogP contribution is 2.31. The zero-order valence-corrected chi connectivity index (χ0v) is 13.0. The van der Waals surface area contributed by atoms with Crippen LogP contribution in [0.25, 0.3) is 10.8 Å². The predicted octanol–water partition coefficient (Wildman–Crippen LogP) is 3.48. The Morgan fingerprint density at radius 1 is 1.29 bits per heavy atom. The van der Waals surface area contributed by atoms with Crippen molar-refractivity contribution in [2.24, 2.45) is 0 Å². The lowest BCUT2D eigenvalue weighted by Crippen LogP contribution is -2.23. The molecule has 3 rings (SSSR count). The number of pyridine rings is 1. The van der Waals surface area contributed by atoms with Gasteiger partial charge in [-0.25, -0.2) is 0 Å². The van der Waals surface area contributed by atoms with Crippen LogP contribution in [0.4, 0.5) is 0 Å². The zero-order chi connectivity index (χ0) is 14.7. The van der Waals surface area contributed by atoms with Gasteiger partial charge in [0.25, 0.3) is 0 Å². The molecule has 0 aliphatic rings. The molecule has 0 saturated carbocycles. The third-order valence-corrected chi connectivity index (χ3v) is 4.47. The van der Waals surface area contributed by atoms with E-state index in [-0.39, 0.29) is 6.04 Å². The Hall–Kier alpha value is -1.85. The first-order chi connectivity index (χ1) is 10.3. The molecule has 0 bridgehead atoms. The molecule has 1 atom stereocenters. The van der Waals surface area contributed by atoms with Gasteiger partial charge in [0.1, 0.15) is 0 Å². The fraction of sp³-hybridized carbons (Fsp3) is 0.312. The molecule has 1 unspecified atom stereocenters. The summed E-state index contributed by atoms with van der Waals surface area (Å²) in [4.78, 5) is 5.46. The van der Waals surface area contributed by atoms with Gasteiger partial charge >= 0.3 is 0 Å².